The Labute approximate surface area is 99.1 Å². The second kappa shape index (κ2) is 4.54. The van der Waals surface area contributed by atoms with Gasteiger partial charge >= 0.3 is 0 Å². The number of nitrogens with zero attached hydrogens (tertiary/aromatic N) is 2. The number of hydrogen-bond acceptors (Lipinski definition) is 4. The fourth-order valence-corrected chi connectivity index (χ4v) is 2.34. The monoisotopic (exact) mass is 252 g/mol. The van der Waals surface area contributed by atoms with E-state index in [2.05, 4.69) is 20.1 Å². The van der Waals surface area contributed by atoms with Crippen molar-refractivity contribution >= 4 is 15.8 Å². The van der Waals surface area contributed by atoms with Gasteiger partial charge in [0.2, 0.25) is 0 Å². The molecule has 0 fully saturated rings. The second-order valence-corrected chi connectivity index (χ2v) is 5.14. The van der Waals surface area contributed by atoms with E-state index in [-0.39, 0.29) is 10.7 Å². The molecule has 7 heteroatoms. The maximum atomic E-state index is 11.9. The molecule has 0 amide bonds. The van der Waals surface area contributed by atoms with Gasteiger partial charge in [0, 0.05) is 0 Å². The summed E-state index contributed by atoms with van der Waals surface area (Å²) in [5, 5.41) is 9.49. The topological polar surface area (TPSA) is 87.7 Å². The van der Waals surface area contributed by atoms with E-state index in [0.29, 0.717) is 0 Å². The average Bonchev–Trinajstić information content (AvgIpc) is 2.81. The van der Waals surface area contributed by atoms with Crippen molar-refractivity contribution in [1.82, 2.24) is 15.4 Å². The van der Waals surface area contributed by atoms with Crippen molar-refractivity contribution in [2.45, 2.75) is 18.2 Å². The van der Waals surface area contributed by atoms with E-state index < -0.39 is 10.0 Å². The van der Waals surface area contributed by atoms with Crippen LogP contribution >= 0.6 is 0 Å². The van der Waals surface area contributed by atoms with Crippen LogP contribution in [0.25, 0.3) is 0 Å². The van der Waals surface area contributed by atoms with Crippen LogP contribution in [0.1, 0.15) is 12.5 Å². The van der Waals surface area contributed by atoms with Gasteiger partial charge in [-0.1, -0.05) is 19.1 Å². The van der Waals surface area contributed by atoms with Crippen LogP contribution in [0.5, 0.6) is 0 Å². The highest BCUT2D eigenvalue weighted by Gasteiger charge is 2.14. The Balaban J connectivity index is 2.25. The molecule has 0 saturated heterocycles. The molecule has 1 aromatic carbocycles. The zero-order chi connectivity index (χ0) is 12.3. The largest absolute Gasteiger partial charge is 0.263 e. The molecule has 0 saturated carbocycles. The Morgan fingerprint density at radius 2 is 2.00 bits per heavy atom. The predicted molar refractivity (Wildman–Crippen MR) is 63.0 cm³/mol. The van der Waals surface area contributed by atoms with E-state index in [9.17, 15) is 8.42 Å². The molecule has 2 rings (SSSR count). The van der Waals surface area contributed by atoms with Crippen LogP contribution in [-0.4, -0.2) is 23.8 Å². The van der Waals surface area contributed by atoms with E-state index in [1.807, 2.05) is 6.92 Å². The third kappa shape index (κ3) is 2.62. The first kappa shape index (κ1) is 11.6. The molecule has 0 aliphatic carbocycles. The SMILES string of the molecule is CCc1ccc(S(=O)(=O)Nc2cn[nH]n2)cc1. The van der Waals surface area contributed by atoms with Crippen LogP contribution in [0.3, 0.4) is 0 Å². The lowest BCUT2D eigenvalue weighted by molar-refractivity contribution is 0.601. The van der Waals surface area contributed by atoms with E-state index in [1.165, 1.54) is 6.20 Å². The molecule has 1 heterocycles. The molecule has 1 aromatic heterocycles. The van der Waals surface area contributed by atoms with Crippen molar-refractivity contribution in [3.8, 4) is 0 Å². The molecule has 0 aliphatic heterocycles. The first-order valence-electron chi connectivity index (χ1n) is 5.09. The predicted octanol–water partition coefficient (Wildman–Crippen LogP) is 1.17. The first-order valence-corrected chi connectivity index (χ1v) is 6.57. The molecule has 90 valence electrons. The molecule has 0 atom stereocenters. The summed E-state index contributed by atoms with van der Waals surface area (Å²) in [6.07, 6.45) is 2.18. The first-order chi connectivity index (χ1) is 8.12. The number of rotatable bonds is 4. The fraction of sp³-hybridized carbons (Fsp3) is 0.200. The number of H-pyrrole nitrogens is 1. The van der Waals surface area contributed by atoms with Gasteiger partial charge in [0.15, 0.2) is 5.82 Å². The minimum absolute atomic E-state index is 0.171. The van der Waals surface area contributed by atoms with Gasteiger partial charge in [0.1, 0.15) is 0 Å². The van der Waals surface area contributed by atoms with Crippen molar-refractivity contribution in [3.63, 3.8) is 0 Å². The summed E-state index contributed by atoms with van der Waals surface area (Å²) in [5.41, 5.74) is 1.09. The molecular weight excluding hydrogens is 240 g/mol. The highest BCUT2D eigenvalue weighted by atomic mass is 32.2. The number of anilines is 1. The number of nitrogens with one attached hydrogen (secondary N) is 2. The summed E-state index contributed by atoms with van der Waals surface area (Å²) in [7, 11) is -3.58. The molecule has 0 aliphatic rings. The number of hydrogen-bond donors (Lipinski definition) is 2. The van der Waals surface area contributed by atoms with E-state index in [0.717, 1.165) is 12.0 Å². The minimum atomic E-state index is -3.58. The Morgan fingerprint density at radius 1 is 1.29 bits per heavy atom. The van der Waals surface area contributed by atoms with Gasteiger partial charge in [-0.05, 0) is 24.1 Å². The maximum Gasteiger partial charge on any atom is 0.263 e. The lowest BCUT2D eigenvalue weighted by Gasteiger charge is -2.05. The Hall–Kier alpha value is -1.89. The van der Waals surface area contributed by atoms with Crippen molar-refractivity contribution in [2.24, 2.45) is 0 Å². The lowest BCUT2D eigenvalue weighted by atomic mass is 10.2. The van der Waals surface area contributed by atoms with Gasteiger partial charge in [0.25, 0.3) is 10.0 Å². The van der Waals surface area contributed by atoms with Gasteiger partial charge in [-0.25, -0.2) is 8.42 Å². The maximum absolute atomic E-state index is 11.9. The van der Waals surface area contributed by atoms with Gasteiger partial charge < -0.3 is 0 Å². The van der Waals surface area contributed by atoms with Gasteiger partial charge in [0.05, 0.1) is 11.1 Å². The fourth-order valence-electron chi connectivity index (χ4n) is 1.35. The van der Waals surface area contributed by atoms with Crippen molar-refractivity contribution < 1.29 is 8.42 Å². The lowest BCUT2D eigenvalue weighted by Crippen LogP contribution is -2.13. The van der Waals surface area contributed by atoms with E-state index >= 15 is 0 Å². The van der Waals surface area contributed by atoms with Crippen molar-refractivity contribution in [2.75, 3.05) is 4.72 Å². The zero-order valence-electron chi connectivity index (χ0n) is 9.21. The molecule has 0 radical (unpaired) electrons. The van der Waals surface area contributed by atoms with Gasteiger partial charge in [-0.15, -0.1) is 5.10 Å². The van der Waals surface area contributed by atoms with Crippen LogP contribution in [-0.2, 0) is 16.4 Å². The number of sulfonamides is 1. The molecule has 0 unspecified atom stereocenters. The van der Waals surface area contributed by atoms with Crippen LogP contribution in [0.2, 0.25) is 0 Å². The van der Waals surface area contributed by atoms with Crippen LogP contribution < -0.4 is 4.72 Å². The van der Waals surface area contributed by atoms with E-state index in [4.69, 9.17) is 0 Å². The smallest absolute Gasteiger partial charge is 0.261 e. The van der Waals surface area contributed by atoms with Crippen molar-refractivity contribution in [1.29, 1.82) is 0 Å². The molecule has 2 N–H and O–H groups in total. The van der Waals surface area contributed by atoms with Crippen LogP contribution in [0.4, 0.5) is 5.82 Å². The Kier molecular flexibility index (Phi) is 3.10. The molecule has 2 aromatic rings. The third-order valence-corrected chi connectivity index (χ3v) is 3.67. The van der Waals surface area contributed by atoms with Crippen LogP contribution in [0.15, 0.2) is 35.4 Å². The Morgan fingerprint density at radius 3 is 2.53 bits per heavy atom. The highest BCUT2D eigenvalue weighted by Crippen LogP contribution is 2.14. The normalized spacial score (nSPS) is 11.4. The quantitative estimate of drug-likeness (QED) is 0.855. The summed E-state index contributed by atoms with van der Waals surface area (Å²) >= 11 is 0. The van der Waals surface area contributed by atoms with Gasteiger partial charge in [-0.3, -0.25) is 4.72 Å². The molecule has 17 heavy (non-hydrogen) atoms. The van der Waals surface area contributed by atoms with Crippen LogP contribution in [0, 0.1) is 0 Å². The highest BCUT2D eigenvalue weighted by molar-refractivity contribution is 7.92. The Bertz CT molecular complexity index is 575. The van der Waals surface area contributed by atoms with Crippen molar-refractivity contribution in [3.05, 3.63) is 36.0 Å². The summed E-state index contributed by atoms with van der Waals surface area (Å²) in [5.74, 6) is 0.171. The zero-order valence-corrected chi connectivity index (χ0v) is 10.0. The number of aromatic amines is 1. The second-order valence-electron chi connectivity index (χ2n) is 3.46. The average molecular weight is 252 g/mol. The van der Waals surface area contributed by atoms with Gasteiger partial charge in [-0.2, -0.15) is 10.3 Å². The van der Waals surface area contributed by atoms with E-state index in [1.54, 1.807) is 24.3 Å². The molecular formula is C10H12N4O2S. The molecule has 6 nitrogen and oxygen atoms in total. The summed E-state index contributed by atoms with van der Waals surface area (Å²) in [4.78, 5) is 0.206. The number of aromatic nitrogens is 3. The summed E-state index contributed by atoms with van der Waals surface area (Å²) < 4.78 is 26.1. The summed E-state index contributed by atoms with van der Waals surface area (Å²) in [6.45, 7) is 2.01. The number of benzene rings is 1. The molecule has 0 spiro atoms. The standard InChI is InChI=1S/C10H12N4O2S/c1-2-8-3-5-9(6-4-8)17(15,16)13-10-7-11-14-12-10/h3-7H,2H2,1H3,(H2,11,12,13,14). The number of aryl methyl sites for hydroxylation is 1. The molecule has 0 bridgehead atoms. The third-order valence-electron chi connectivity index (χ3n) is 2.30. The summed E-state index contributed by atoms with van der Waals surface area (Å²) in [6, 6.07) is 6.72. The minimum Gasteiger partial charge on any atom is -0.261 e.